The number of ether oxygens (including phenoxy) is 2. The van der Waals surface area contributed by atoms with Crippen LogP contribution in [0.3, 0.4) is 0 Å². The van der Waals surface area contributed by atoms with Crippen LogP contribution in [0, 0.1) is 0 Å². The lowest BCUT2D eigenvalue weighted by molar-refractivity contribution is 0.194. The number of rotatable bonds is 7. The van der Waals surface area contributed by atoms with E-state index in [2.05, 4.69) is 15.2 Å². The van der Waals surface area contributed by atoms with Gasteiger partial charge in [-0.15, -0.1) is 0 Å². The molecule has 1 fully saturated rings. The average Bonchev–Trinajstić information content (AvgIpc) is 2.85. The summed E-state index contributed by atoms with van der Waals surface area (Å²) >= 11 is 6.09. The number of urea groups is 1. The fourth-order valence-corrected chi connectivity index (χ4v) is 3.81. The molecule has 0 spiro atoms. The molecule has 0 bridgehead atoms. The molecular weight excluding hydrogens is 440 g/mol. The van der Waals surface area contributed by atoms with Gasteiger partial charge < -0.3 is 24.6 Å². The molecule has 0 aliphatic carbocycles. The molecule has 0 saturated carbocycles. The SMILES string of the molecule is CCOc1ccccc1Oc1ccc(CNC(=O)N2CCN(c3cccc(Cl)c3)CC2)cn1. The number of aromatic nitrogens is 1. The van der Waals surface area contributed by atoms with E-state index in [-0.39, 0.29) is 6.03 Å². The number of carbonyl (C=O) groups excluding carboxylic acids is 1. The molecule has 1 N–H and O–H groups in total. The summed E-state index contributed by atoms with van der Waals surface area (Å²) in [5.74, 6) is 1.76. The van der Waals surface area contributed by atoms with Crippen molar-refractivity contribution in [2.75, 3.05) is 37.7 Å². The maximum Gasteiger partial charge on any atom is 0.317 e. The minimum Gasteiger partial charge on any atom is -0.490 e. The first kappa shape index (κ1) is 22.7. The molecule has 1 saturated heterocycles. The van der Waals surface area contributed by atoms with Gasteiger partial charge in [-0.3, -0.25) is 0 Å². The molecule has 1 aliphatic rings. The highest BCUT2D eigenvalue weighted by Crippen LogP contribution is 2.30. The van der Waals surface area contributed by atoms with Crippen LogP contribution in [0.25, 0.3) is 0 Å². The van der Waals surface area contributed by atoms with Gasteiger partial charge in [0.15, 0.2) is 11.5 Å². The molecule has 0 radical (unpaired) electrons. The highest BCUT2D eigenvalue weighted by Gasteiger charge is 2.21. The number of amides is 2. The average molecular weight is 467 g/mol. The Morgan fingerprint density at radius 3 is 2.52 bits per heavy atom. The Morgan fingerprint density at radius 1 is 1.03 bits per heavy atom. The first-order valence-corrected chi connectivity index (χ1v) is 11.4. The zero-order valence-corrected chi connectivity index (χ0v) is 19.3. The van der Waals surface area contributed by atoms with Crippen molar-refractivity contribution in [2.45, 2.75) is 13.5 Å². The number of halogens is 1. The number of hydrogen-bond donors (Lipinski definition) is 1. The van der Waals surface area contributed by atoms with Crippen LogP contribution in [0.15, 0.2) is 66.9 Å². The highest BCUT2D eigenvalue weighted by molar-refractivity contribution is 6.30. The van der Waals surface area contributed by atoms with E-state index < -0.39 is 0 Å². The molecule has 2 aromatic carbocycles. The van der Waals surface area contributed by atoms with Crippen molar-refractivity contribution in [1.82, 2.24) is 15.2 Å². The molecule has 1 aromatic heterocycles. The van der Waals surface area contributed by atoms with E-state index in [1.165, 1.54) is 0 Å². The number of nitrogens with one attached hydrogen (secondary N) is 1. The smallest absolute Gasteiger partial charge is 0.317 e. The minimum atomic E-state index is -0.0771. The zero-order chi connectivity index (χ0) is 23.0. The highest BCUT2D eigenvalue weighted by atomic mass is 35.5. The number of benzene rings is 2. The molecule has 0 unspecified atom stereocenters. The Morgan fingerprint density at radius 2 is 1.82 bits per heavy atom. The largest absolute Gasteiger partial charge is 0.490 e. The summed E-state index contributed by atoms with van der Waals surface area (Å²) in [5.41, 5.74) is 1.98. The zero-order valence-electron chi connectivity index (χ0n) is 18.5. The summed E-state index contributed by atoms with van der Waals surface area (Å²) in [4.78, 5) is 21.0. The Hall–Kier alpha value is -3.45. The van der Waals surface area contributed by atoms with Gasteiger partial charge in [0.1, 0.15) is 0 Å². The molecular formula is C25H27ClN4O3. The van der Waals surface area contributed by atoms with Crippen LogP contribution in [0.2, 0.25) is 5.02 Å². The van der Waals surface area contributed by atoms with Gasteiger partial charge in [0.2, 0.25) is 5.88 Å². The molecule has 8 heteroatoms. The number of piperazine rings is 1. The number of carbonyl (C=O) groups is 1. The summed E-state index contributed by atoms with van der Waals surface area (Å²) in [7, 11) is 0. The first-order chi connectivity index (χ1) is 16.1. The van der Waals surface area contributed by atoms with Crippen LogP contribution in [0.4, 0.5) is 10.5 Å². The fraction of sp³-hybridized carbons (Fsp3) is 0.280. The monoisotopic (exact) mass is 466 g/mol. The molecule has 2 heterocycles. The Kier molecular flexibility index (Phi) is 7.52. The van der Waals surface area contributed by atoms with Crippen LogP contribution < -0.4 is 19.7 Å². The maximum absolute atomic E-state index is 12.6. The summed E-state index contributed by atoms with van der Waals surface area (Å²) in [5, 5.41) is 3.69. The third kappa shape index (κ3) is 6.08. The summed E-state index contributed by atoms with van der Waals surface area (Å²) < 4.78 is 11.4. The second-order valence-corrected chi connectivity index (χ2v) is 8.04. The number of hydrogen-bond acceptors (Lipinski definition) is 5. The van der Waals surface area contributed by atoms with E-state index in [9.17, 15) is 4.79 Å². The summed E-state index contributed by atoms with van der Waals surface area (Å²) in [6.45, 7) is 5.73. The number of nitrogens with zero attached hydrogens (tertiary/aromatic N) is 3. The van der Waals surface area contributed by atoms with Crippen molar-refractivity contribution >= 4 is 23.3 Å². The van der Waals surface area contributed by atoms with E-state index in [1.54, 1.807) is 12.3 Å². The Labute approximate surface area is 198 Å². The molecule has 172 valence electrons. The third-order valence-corrected chi connectivity index (χ3v) is 5.58. The molecule has 33 heavy (non-hydrogen) atoms. The lowest BCUT2D eigenvalue weighted by Gasteiger charge is -2.36. The minimum absolute atomic E-state index is 0.0771. The third-order valence-electron chi connectivity index (χ3n) is 5.35. The number of anilines is 1. The van der Waals surface area contributed by atoms with Gasteiger partial charge in [0, 0.05) is 55.7 Å². The van der Waals surface area contributed by atoms with Gasteiger partial charge in [-0.25, -0.2) is 9.78 Å². The van der Waals surface area contributed by atoms with Crippen LogP contribution in [0.5, 0.6) is 17.4 Å². The van der Waals surface area contributed by atoms with E-state index in [0.717, 1.165) is 29.4 Å². The van der Waals surface area contributed by atoms with Gasteiger partial charge in [-0.2, -0.15) is 0 Å². The van der Waals surface area contributed by atoms with Crippen molar-refractivity contribution in [3.63, 3.8) is 0 Å². The first-order valence-electron chi connectivity index (χ1n) is 11.0. The van der Waals surface area contributed by atoms with Gasteiger partial charge >= 0.3 is 6.03 Å². The molecule has 4 rings (SSSR count). The van der Waals surface area contributed by atoms with Crippen LogP contribution >= 0.6 is 11.6 Å². The van der Waals surface area contributed by atoms with Crippen molar-refractivity contribution in [3.05, 3.63) is 77.4 Å². The van der Waals surface area contributed by atoms with Crippen molar-refractivity contribution in [2.24, 2.45) is 0 Å². The molecule has 0 atom stereocenters. The topological polar surface area (TPSA) is 66.9 Å². The summed E-state index contributed by atoms with van der Waals surface area (Å²) in [6, 6.07) is 18.9. The van der Waals surface area contributed by atoms with Crippen molar-refractivity contribution < 1.29 is 14.3 Å². The van der Waals surface area contributed by atoms with Crippen LogP contribution in [0.1, 0.15) is 12.5 Å². The van der Waals surface area contributed by atoms with Gasteiger partial charge in [-0.1, -0.05) is 35.9 Å². The Bertz CT molecular complexity index is 1070. The standard InChI is InChI=1S/C25H27ClN4O3/c1-2-32-22-8-3-4-9-23(22)33-24-11-10-19(17-27-24)18-28-25(31)30-14-12-29(13-15-30)21-7-5-6-20(26)16-21/h3-11,16-17H,2,12-15,18H2,1H3,(H,28,31). The lowest BCUT2D eigenvalue weighted by Crippen LogP contribution is -2.51. The van der Waals surface area contributed by atoms with E-state index >= 15 is 0 Å². The van der Waals surface area contributed by atoms with E-state index in [0.29, 0.717) is 43.6 Å². The van der Waals surface area contributed by atoms with Gasteiger partial charge in [0.25, 0.3) is 0 Å². The van der Waals surface area contributed by atoms with Crippen LogP contribution in [-0.2, 0) is 6.54 Å². The number of pyridine rings is 1. The molecule has 7 nitrogen and oxygen atoms in total. The van der Waals surface area contributed by atoms with Crippen molar-refractivity contribution in [1.29, 1.82) is 0 Å². The number of para-hydroxylation sites is 2. The summed E-state index contributed by atoms with van der Waals surface area (Å²) in [6.07, 6.45) is 1.70. The predicted molar refractivity (Wildman–Crippen MR) is 129 cm³/mol. The predicted octanol–water partition coefficient (Wildman–Crippen LogP) is 4.96. The van der Waals surface area contributed by atoms with Gasteiger partial charge in [-0.05, 0) is 42.8 Å². The molecule has 1 aliphatic heterocycles. The normalized spacial score (nSPS) is 13.5. The van der Waals surface area contributed by atoms with Crippen LogP contribution in [-0.4, -0.2) is 48.7 Å². The second kappa shape index (κ2) is 10.9. The quantitative estimate of drug-likeness (QED) is 0.533. The van der Waals surface area contributed by atoms with E-state index in [4.69, 9.17) is 21.1 Å². The molecule has 2 amide bonds. The maximum atomic E-state index is 12.6. The van der Waals surface area contributed by atoms with Crippen molar-refractivity contribution in [3.8, 4) is 17.4 Å². The lowest BCUT2D eigenvalue weighted by atomic mass is 10.2. The van der Waals surface area contributed by atoms with E-state index in [1.807, 2.05) is 66.4 Å². The Balaban J connectivity index is 1.25. The fourth-order valence-electron chi connectivity index (χ4n) is 3.63. The van der Waals surface area contributed by atoms with Gasteiger partial charge in [0.05, 0.1) is 6.61 Å². The molecule has 3 aromatic rings. The second-order valence-electron chi connectivity index (χ2n) is 7.60.